The number of anilines is 2. The van der Waals surface area contributed by atoms with Gasteiger partial charge in [-0.1, -0.05) is 35.9 Å². The molecule has 0 heterocycles. The predicted octanol–water partition coefficient (Wildman–Crippen LogP) is 5.65. The van der Waals surface area contributed by atoms with E-state index in [0.29, 0.717) is 22.8 Å². The minimum atomic E-state index is -0.735. The van der Waals surface area contributed by atoms with E-state index in [-0.39, 0.29) is 11.9 Å². The van der Waals surface area contributed by atoms with Crippen LogP contribution in [0.25, 0.3) is 0 Å². The molecule has 1 atom stereocenters. The lowest BCUT2D eigenvalue weighted by Crippen LogP contribution is -2.20. The van der Waals surface area contributed by atoms with Crippen LogP contribution in [0.15, 0.2) is 48.5 Å². The minimum Gasteiger partial charge on any atom is -0.308 e. The van der Waals surface area contributed by atoms with Crippen molar-refractivity contribution in [2.75, 3.05) is 10.6 Å². The largest absolute Gasteiger partial charge is 0.323 e. The Balaban J connectivity index is 1.72. The van der Waals surface area contributed by atoms with Gasteiger partial charge in [-0.3, -0.25) is 0 Å². The van der Waals surface area contributed by atoms with Crippen molar-refractivity contribution in [3.8, 4) is 0 Å². The number of carbonyl (C=O) groups excluding carboxylic acids is 1. The molecule has 1 unspecified atom stereocenters. The molecule has 0 bridgehead atoms. The summed E-state index contributed by atoms with van der Waals surface area (Å²) in [4.78, 5) is 12.1. The van der Waals surface area contributed by atoms with Crippen LogP contribution < -0.4 is 10.6 Å². The van der Waals surface area contributed by atoms with E-state index in [1.165, 1.54) is 0 Å². The molecule has 1 aliphatic rings. The second-order valence-electron chi connectivity index (χ2n) is 5.19. The van der Waals surface area contributed by atoms with Crippen LogP contribution >= 0.6 is 34.8 Å². The first kappa shape index (κ1) is 15.5. The van der Waals surface area contributed by atoms with Gasteiger partial charge in [0.2, 0.25) is 0 Å². The third-order valence-corrected chi connectivity index (χ3v) is 4.56. The maximum Gasteiger partial charge on any atom is 0.323 e. The molecule has 2 amide bonds. The van der Waals surface area contributed by atoms with E-state index in [4.69, 9.17) is 34.8 Å². The molecule has 1 aliphatic carbocycles. The van der Waals surface area contributed by atoms with Crippen molar-refractivity contribution >= 4 is 52.2 Å². The van der Waals surface area contributed by atoms with Crippen LogP contribution in [0.2, 0.25) is 5.02 Å². The monoisotopic (exact) mass is 354 g/mol. The Kier molecular flexibility index (Phi) is 4.22. The van der Waals surface area contributed by atoms with Gasteiger partial charge in [-0.15, -0.1) is 23.2 Å². The quantitative estimate of drug-likeness (QED) is 0.687. The number of halogens is 3. The predicted molar refractivity (Wildman–Crippen MR) is 92.3 cm³/mol. The number of amides is 2. The number of carbonyl (C=O) groups is 1. The average Bonchev–Trinajstić information content (AvgIpc) is 3.08. The highest BCUT2D eigenvalue weighted by Gasteiger charge is 2.53. The number of hydrogen-bond acceptors (Lipinski definition) is 1. The van der Waals surface area contributed by atoms with Crippen molar-refractivity contribution in [2.45, 2.75) is 16.7 Å². The first-order valence-electron chi connectivity index (χ1n) is 6.76. The number of urea groups is 1. The summed E-state index contributed by atoms with van der Waals surface area (Å²) in [6.45, 7) is 0. The standard InChI is InChI=1S/C16H13Cl3N2O/c17-10-4-3-5-11(8-10)20-15(22)21-14-7-2-1-6-12(14)13-9-16(13,18)19/h1-8,13H,9H2,(H2,20,21,22). The first-order valence-corrected chi connectivity index (χ1v) is 7.89. The molecule has 0 spiro atoms. The lowest BCUT2D eigenvalue weighted by atomic mass is 10.1. The summed E-state index contributed by atoms with van der Waals surface area (Å²) in [6.07, 6.45) is 0.685. The van der Waals surface area contributed by atoms with Crippen molar-refractivity contribution in [3.63, 3.8) is 0 Å². The van der Waals surface area contributed by atoms with Gasteiger partial charge in [-0.25, -0.2) is 4.79 Å². The number of benzene rings is 2. The maximum atomic E-state index is 12.1. The van der Waals surface area contributed by atoms with Crippen LogP contribution in [0.3, 0.4) is 0 Å². The van der Waals surface area contributed by atoms with Gasteiger partial charge in [0.1, 0.15) is 4.33 Å². The Hall–Kier alpha value is -1.42. The smallest absolute Gasteiger partial charge is 0.308 e. The zero-order valence-electron chi connectivity index (χ0n) is 11.4. The zero-order valence-corrected chi connectivity index (χ0v) is 13.7. The van der Waals surface area contributed by atoms with Gasteiger partial charge in [0.25, 0.3) is 0 Å². The summed E-state index contributed by atoms with van der Waals surface area (Å²) in [5.74, 6) is 0.0403. The SMILES string of the molecule is O=C(Nc1cccc(Cl)c1)Nc1ccccc1C1CC1(Cl)Cl. The van der Waals surface area contributed by atoms with Gasteiger partial charge in [0, 0.05) is 22.3 Å². The van der Waals surface area contributed by atoms with E-state index in [1.54, 1.807) is 24.3 Å². The van der Waals surface area contributed by atoms with Crippen LogP contribution in [-0.2, 0) is 0 Å². The second kappa shape index (κ2) is 5.99. The third-order valence-electron chi connectivity index (χ3n) is 3.49. The van der Waals surface area contributed by atoms with Gasteiger partial charge in [-0.05, 0) is 36.2 Å². The molecule has 0 saturated heterocycles. The van der Waals surface area contributed by atoms with Gasteiger partial charge in [0.05, 0.1) is 0 Å². The number of para-hydroxylation sites is 1. The lowest BCUT2D eigenvalue weighted by molar-refractivity contribution is 0.262. The normalized spacial score (nSPS) is 18.6. The van der Waals surface area contributed by atoms with Crippen molar-refractivity contribution in [1.82, 2.24) is 0 Å². The molecule has 2 N–H and O–H groups in total. The van der Waals surface area contributed by atoms with Crippen LogP contribution in [0.1, 0.15) is 17.9 Å². The van der Waals surface area contributed by atoms with E-state index in [2.05, 4.69) is 10.6 Å². The number of nitrogens with one attached hydrogen (secondary N) is 2. The topological polar surface area (TPSA) is 41.1 Å². The van der Waals surface area contributed by atoms with Crippen molar-refractivity contribution in [2.24, 2.45) is 0 Å². The summed E-state index contributed by atoms with van der Waals surface area (Å²) in [5.41, 5.74) is 2.27. The zero-order chi connectivity index (χ0) is 15.7. The Morgan fingerprint density at radius 1 is 1.09 bits per heavy atom. The van der Waals surface area contributed by atoms with E-state index in [0.717, 1.165) is 5.56 Å². The molecule has 2 aromatic rings. The average molecular weight is 356 g/mol. The molecule has 6 heteroatoms. The summed E-state index contributed by atoms with van der Waals surface area (Å²) < 4.78 is -0.735. The molecular weight excluding hydrogens is 343 g/mol. The maximum absolute atomic E-state index is 12.1. The van der Waals surface area contributed by atoms with E-state index >= 15 is 0 Å². The number of alkyl halides is 2. The Bertz CT molecular complexity index is 718. The van der Waals surface area contributed by atoms with E-state index in [1.807, 2.05) is 24.3 Å². The highest BCUT2D eigenvalue weighted by Crippen LogP contribution is 2.60. The molecular formula is C16H13Cl3N2O. The Morgan fingerprint density at radius 2 is 1.82 bits per heavy atom. The van der Waals surface area contributed by atoms with Crippen LogP contribution in [0, 0.1) is 0 Å². The Morgan fingerprint density at radius 3 is 2.50 bits per heavy atom. The van der Waals surface area contributed by atoms with E-state index < -0.39 is 4.33 Å². The van der Waals surface area contributed by atoms with Gasteiger partial charge >= 0.3 is 6.03 Å². The summed E-state index contributed by atoms with van der Waals surface area (Å²) >= 11 is 18.1. The molecule has 0 aliphatic heterocycles. The molecule has 3 rings (SSSR count). The molecule has 114 valence electrons. The second-order valence-corrected chi connectivity index (χ2v) is 7.17. The van der Waals surface area contributed by atoms with Gasteiger partial charge in [0.15, 0.2) is 0 Å². The van der Waals surface area contributed by atoms with Crippen molar-refractivity contribution in [1.29, 1.82) is 0 Å². The molecule has 2 aromatic carbocycles. The third kappa shape index (κ3) is 3.49. The molecule has 0 radical (unpaired) electrons. The molecule has 0 aromatic heterocycles. The van der Waals surface area contributed by atoms with Crippen molar-refractivity contribution in [3.05, 3.63) is 59.1 Å². The number of hydrogen-bond donors (Lipinski definition) is 2. The summed E-state index contributed by atoms with van der Waals surface area (Å²) in [5, 5.41) is 6.13. The van der Waals surface area contributed by atoms with Crippen molar-refractivity contribution < 1.29 is 4.79 Å². The fourth-order valence-electron chi connectivity index (χ4n) is 2.32. The fourth-order valence-corrected chi connectivity index (χ4v) is 3.05. The van der Waals surface area contributed by atoms with Crippen LogP contribution in [0.5, 0.6) is 0 Å². The Labute approximate surface area is 143 Å². The molecule has 3 nitrogen and oxygen atoms in total. The minimum absolute atomic E-state index is 0.0403. The van der Waals surface area contributed by atoms with E-state index in [9.17, 15) is 4.79 Å². The van der Waals surface area contributed by atoms with Crippen LogP contribution in [0.4, 0.5) is 16.2 Å². The van der Waals surface area contributed by atoms with Gasteiger partial charge < -0.3 is 10.6 Å². The highest BCUT2D eigenvalue weighted by atomic mass is 35.5. The summed E-state index contributed by atoms with van der Waals surface area (Å²) in [7, 11) is 0. The number of rotatable bonds is 3. The summed E-state index contributed by atoms with van der Waals surface area (Å²) in [6, 6.07) is 14.1. The van der Waals surface area contributed by atoms with Gasteiger partial charge in [-0.2, -0.15) is 0 Å². The van der Waals surface area contributed by atoms with Crippen LogP contribution in [-0.4, -0.2) is 10.4 Å². The molecule has 1 saturated carbocycles. The molecule has 22 heavy (non-hydrogen) atoms. The first-order chi connectivity index (χ1) is 10.5. The lowest BCUT2D eigenvalue weighted by Gasteiger charge is -2.12. The highest BCUT2D eigenvalue weighted by molar-refractivity contribution is 6.51. The fraction of sp³-hybridized carbons (Fsp3) is 0.188. The molecule has 1 fully saturated rings.